The molecule has 4 aliphatic carbocycles. The third kappa shape index (κ3) is 2.34. The van der Waals surface area contributed by atoms with E-state index in [0.717, 1.165) is 47.1 Å². The summed E-state index contributed by atoms with van der Waals surface area (Å²) in [5, 5.41) is 0. The lowest BCUT2D eigenvalue weighted by atomic mass is 9.53. The molecular formula is C22H27NO. The van der Waals surface area contributed by atoms with Crippen molar-refractivity contribution in [3.63, 3.8) is 0 Å². The van der Waals surface area contributed by atoms with E-state index >= 15 is 0 Å². The maximum absolute atomic E-state index is 6.21. The number of benzene rings is 1. The molecule has 0 unspecified atom stereocenters. The molecule has 1 aromatic carbocycles. The van der Waals surface area contributed by atoms with E-state index in [0.29, 0.717) is 0 Å². The number of hydrogen-bond acceptors (Lipinski definition) is 2. The smallest absolute Gasteiger partial charge is 0.223 e. The molecule has 1 aromatic heterocycles. The Labute approximate surface area is 144 Å². The molecule has 126 valence electrons. The van der Waals surface area contributed by atoms with Gasteiger partial charge in [0.25, 0.3) is 0 Å². The predicted octanol–water partition coefficient (Wildman–Crippen LogP) is 6.23. The molecule has 0 radical (unpaired) electrons. The van der Waals surface area contributed by atoms with Crippen LogP contribution in [0.25, 0.3) is 16.7 Å². The molecule has 0 aliphatic heterocycles. The fourth-order valence-electron chi connectivity index (χ4n) is 5.91. The van der Waals surface area contributed by atoms with Crippen LogP contribution in [0.3, 0.4) is 0 Å². The highest BCUT2D eigenvalue weighted by molar-refractivity contribution is 5.76. The van der Waals surface area contributed by atoms with Crippen LogP contribution in [-0.2, 0) is 0 Å². The Hall–Kier alpha value is -1.57. The van der Waals surface area contributed by atoms with E-state index in [1.165, 1.54) is 50.5 Å². The van der Waals surface area contributed by atoms with E-state index in [1.54, 1.807) is 5.57 Å². The number of unbranched alkanes of at least 4 members (excludes halogenated alkanes) is 1. The molecule has 0 saturated heterocycles. The van der Waals surface area contributed by atoms with Gasteiger partial charge in [0.2, 0.25) is 5.89 Å². The van der Waals surface area contributed by atoms with E-state index in [9.17, 15) is 0 Å². The first-order chi connectivity index (χ1) is 11.8. The van der Waals surface area contributed by atoms with Gasteiger partial charge in [-0.25, -0.2) is 4.98 Å². The zero-order valence-electron chi connectivity index (χ0n) is 14.6. The normalized spacial score (nSPS) is 31.1. The van der Waals surface area contributed by atoms with Gasteiger partial charge in [0.05, 0.1) is 0 Å². The molecule has 0 N–H and O–H groups in total. The fraction of sp³-hybridized carbons (Fsp3) is 0.591. The first-order valence-electron chi connectivity index (χ1n) is 9.90. The maximum Gasteiger partial charge on any atom is 0.223 e. The molecule has 2 heteroatoms. The first-order valence-corrected chi connectivity index (χ1v) is 9.90. The lowest BCUT2D eigenvalue weighted by Crippen LogP contribution is -2.40. The van der Waals surface area contributed by atoms with Gasteiger partial charge in [-0.05, 0) is 80.8 Å². The minimum absolute atomic E-state index is 0.822. The van der Waals surface area contributed by atoms with Crippen LogP contribution >= 0.6 is 0 Å². The molecule has 4 saturated carbocycles. The zero-order chi connectivity index (χ0) is 16.1. The van der Waals surface area contributed by atoms with E-state index in [2.05, 4.69) is 19.1 Å². The van der Waals surface area contributed by atoms with Crippen LogP contribution in [0.1, 0.15) is 64.2 Å². The van der Waals surface area contributed by atoms with Crippen molar-refractivity contribution < 1.29 is 4.42 Å². The van der Waals surface area contributed by atoms with Crippen molar-refractivity contribution in [3.8, 4) is 0 Å². The Morgan fingerprint density at radius 2 is 1.75 bits per heavy atom. The largest absolute Gasteiger partial charge is 0.436 e. The highest BCUT2D eigenvalue weighted by Gasteiger charge is 2.46. The van der Waals surface area contributed by atoms with Crippen LogP contribution in [0.5, 0.6) is 0 Å². The molecule has 2 nitrogen and oxygen atoms in total. The van der Waals surface area contributed by atoms with Crippen LogP contribution in [-0.4, -0.2) is 4.98 Å². The minimum Gasteiger partial charge on any atom is -0.436 e. The quantitative estimate of drug-likeness (QED) is 0.667. The van der Waals surface area contributed by atoms with E-state index < -0.39 is 0 Å². The van der Waals surface area contributed by atoms with Gasteiger partial charge >= 0.3 is 0 Å². The molecule has 24 heavy (non-hydrogen) atoms. The first kappa shape index (κ1) is 14.7. The van der Waals surface area contributed by atoms with Gasteiger partial charge in [0.1, 0.15) is 5.52 Å². The number of aromatic nitrogens is 1. The third-order valence-electron chi connectivity index (χ3n) is 6.70. The Bertz CT molecular complexity index is 721. The van der Waals surface area contributed by atoms with Crippen LogP contribution in [0.15, 0.2) is 34.3 Å². The van der Waals surface area contributed by atoms with Crippen molar-refractivity contribution in [2.45, 2.75) is 58.3 Å². The Kier molecular flexibility index (Phi) is 3.53. The zero-order valence-corrected chi connectivity index (χ0v) is 14.6. The van der Waals surface area contributed by atoms with Gasteiger partial charge in [-0.2, -0.15) is 0 Å². The van der Waals surface area contributed by atoms with E-state index in [1.807, 2.05) is 12.1 Å². The van der Waals surface area contributed by atoms with Crippen molar-refractivity contribution in [1.82, 2.24) is 4.98 Å². The summed E-state index contributed by atoms with van der Waals surface area (Å²) in [5.41, 5.74) is 5.17. The SMILES string of the molecule is CCCCC(=C1C2CC3CC(C2)CC1C3)c1nc2ccccc2o1. The molecule has 0 atom stereocenters. The second kappa shape index (κ2) is 5.75. The van der Waals surface area contributed by atoms with Crippen LogP contribution in [0, 0.1) is 23.7 Å². The number of nitrogens with zero attached hydrogens (tertiary/aromatic N) is 1. The molecule has 0 spiro atoms. The third-order valence-corrected chi connectivity index (χ3v) is 6.70. The van der Waals surface area contributed by atoms with Gasteiger partial charge in [-0.15, -0.1) is 0 Å². The van der Waals surface area contributed by atoms with Crippen LogP contribution < -0.4 is 0 Å². The average Bonchev–Trinajstić information content (AvgIpc) is 3.00. The molecular weight excluding hydrogens is 294 g/mol. The summed E-state index contributed by atoms with van der Waals surface area (Å²) in [7, 11) is 0. The maximum atomic E-state index is 6.21. The summed E-state index contributed by atoms with van der Waals surface area (Å²) in [6.45, 7) is 2.28. The second-order valence-corrected chi connectivity index (χ2v) is 8.33. The number of oxazole rings is 1. The molecule has 4 aliphatic rings. The second-order valence-electron chi connectivity index (χ2n) is 8.33. The Morgan fingerprint density at radius 1 is 1.04 bits per heavy atom. The fourth-order valence-corrected chi connectivity index (χ4v) is 5.91. The van der Waals surface area contributed by atoms with Crippen LogP contribution in [0.4, 0.5) is 0 Å². The number of hydrogen-bond donors (Lipinski definition) is 0. The van der Waals surface area contributed by atoms with Crippen molar-refractivity contribution in [3.05, 3.63) is 35.7 Å². The highest BCUT2D eigenvalue weighted by Crippen LogP contribution is 2.58. The number of allylic oxidation sites excluding steroid dienone is 2. The number of rotatable bonds is 4. The summed E-state index contributed by atoms with van der Waals surface area (Å²) in [5.74, 6) is 4.58. The lowest BCUT2D eigenvalue weighted by molar-refractivity contribution is 0.0700. The Morgan fingerprint density at radius 3 is 2.42 bits per heavy atom. The van der Waals surface area contributed by atoms with Crippen molar-refractivity contribution in [1.29, 1.82) is 0 Å². The van der Waals surface area contributed by atoms with Crippen molar-refractivity contribution in [2.24, 2.45) is 23.7 Å². The predicted molar refractivity (Wildman–Crippen MR) is 97.5 cm³/mol. The summed E-state index contributed by atoms with van der Waals surface area (Å²) < 4.78 is 6.21. The van der Waals surface area contributed by atoms with Gasteiger partial charge in [-0.3, -0.25) is 0 Å². The summed E-state index contributed by atoms with van der Waals surface area (Å²) in [6, 6.07) is 8.21. The lowest BCUT2D eigenvalue weighted by Gasteiger charge is -2.52. The molecule has 2 aromatic rings. The van der Waals surface area contributed by atoms with Gasteiger partial charge in [0, 0.05) is 5.57 Å². The summed E-state index contributed by atoms with van der Waals surface area (Å²) >= 11 is 0. The topological polar surface area (TPSA) is 26.0 Å². The van der Waals surface area contributed by atoms with Gasteiger partial charge < -0.3 is 4.42 Å². The van der Waals surface area contributed by atoms with Crippen molar-refractivity contribution in [2.75, 3.05) is 0 Å². The van der Waals surface area contributed by atoms with Gasteiger partial charge in [0.15, 0.2) is 5.58 Å². The summed E-state index contributed by atoms with van der Waals surface area (Å²) in [6.07, 6.45) is 10.8. The van der Waals surface area contributed by atoms with Gasteiger partial charge in [-0.1, -0.05) is 31.1 Å². The Balaban J connectivity index is 1.61. The molecule has 4 bridgehead atoms. The summed E-state index contributed by atoms with van der Waals surface area (Å²) in [4.78, 5) is 4.87. The van der Waals surface area contributed by atoms with Crippen molar-refractivity contribution >= 4 is 16.7 Å². The molecule has 4 fully saturated rings. The van der Waals surface area contributed by atoms with Crippen LogP contribution in [0.2, 0.25) is 0 Å². The average molecular weight is 321 g/mol. The molecule has 6 rings (SSSR count). The molecule has 1 heterocycles. The molecule has 0 amide bonds. The monoisotopic (exact) mass is 321 g/mol. The minimum atomic E-state index is 0.822. The van der Waals surface area contributed by atoms with E-state index in [4.69, 9.17) is 9.40 Å². The standard InChI is InChI=1S/C22H27NO/c1-2-3-6-18(22-23-19-7-4-5-8-20(19)24-22)21-16-10-14-9-15(12-16)13-17(21)11-14/h4-5,7-8,14-17H,2-3,6,9-13H2,1H3. The highest BCUT2D eigenvalue weighted by atomic mass is 16.3. The number of para-hydroxylation sites is 2. The number of fused-ring (bicyclic) bond motifs is 1. The van der Waals surface area contributed by atoms with E-state index in [-0.39, 0.29) is 0 Å².